The number of aromatic nitrogens is 2. The van der Waals surface area contributed by atoms with Gasteiger partial charge in [-0.25, -0.2) is 9.97 Å². The van der Waals surface area contributed by atoms with Crippen molar-refractivity contribution >= 4 is 40.1 Å². The standard InChI is InChI=1S/C11H12ClN3O2S/c1-7(16)18-6-8-2-10(17)15(5-8)9-3-13-11(12)14-4-9/h3-4,8H,2,5-6H2,1H3. The average molecular weight is 286 g/mol. The van der Waals surface area contributed by atoms with Crippen molar-refractivity contribution in [3.63, 3.8) is 0 Å². The maximum absolute atomic E-state index is 11.9. The van der Waals surface area contributed by atoms with Gasteiger partial charge in [-0.2, -0.15) is 0 Å². The summed E-state index contributed by atoms with van der Waals surface area (Å²) in [5.74, 6) is 0.906. The van der Waals surface area contributed by atoms with Crippen LogP contribution in [0.15, 0.2) is 12.4 Å². The summed E-state index contributed by atoms with van der Waals surface area (Å²) in [6.45, 7) is 2.14. The van der Waals surface area contributed by atoms with Gasteiger partial charge in [0.15, 0.2) is 5.12 Å². The Balaban J connectivity index is 2.00. The first-order valence-electron chi connectivity index (χ1n) is 5.47. The molecule has 0 aromatic carbocycles. The molecule has 0 saturated carbocycles. The van der Waals surface area contributed by atoms with Gasteiger partial charge in [0.25, 0.3) is 0 Å². The summed E-state index contributed by atoms with van der Waals surface area (Å²) < 4.78 is 0. The van der Waals surface area contributed by atoms with Crippen LogP contribution in [0.2, 0.25) is 5.28 Å². The van der Waals surface area contributed by atoms with Crippen LogP contribution in [0.5, 0.6) is 0 Å². The van der Waals surface area contributed by atoms with E-state index in [1.807, 2.05) is 0 Å². The van der Waals surface area contributed by atoms with Gasteiger partial charge in [-0.15, -0.1) is 0 Å². The number of nitrogens with zero attached hydrogens (tertiary/aromatic N) is 3. The number of thioether (sulfide) groups is 1. The van der Waals surface area contributed by atoms with Crippen molar-refractivity contribution in [1.29, 1.82) is 0 Å². The largest absolute Gasteiger partial charge is 0.309 e. The van der Waals surface area contributed by atoms with Crippen molar-refractivity contribution in [2.45, 2.75) is 13.3 Å². The Hall–Kier alpha value is -1.14. The summed E-state index contributed by atoms with van der Waals surface area (Å²) in [6, 6.07) is 0. The second kappa shape index (κ2) is 5.67. The first-order chi connectivity index (χ1) is 8.56. The van der Waals surface area contributed by atoms with Crippen LogP contribution in [0.4, 0.5) is 5.69 Å². The smallest absolute Gasteiger partial charge is 0.227 e. The molecule has 1 aliphatic rings. The minimum absolute atomic E-state index is 0.0371. The Morgan fingerprint density at radius 2 is 2.22 bits per heavy atom. The second-order valence-electron chi connectivity index (χ2n) is 4.09. The highest BCUT2D eigenvalue weighted by atomic mass is 35.5. The molecule has 1 saturated heterocycles. The van der Waals surface area contributed by atoms with Gasteiger partial charge < -0.3 is 4.90 Å². The predicted molar refractivity (Wildman–Crippen MR) is 70.6 cm³/mol. The number of halogens is 1. The Bertz CT molecular complexity index is 466. The molecule has 2 heterocycles. The fourth-order valence-electron chi connectivity index (χ4n) is 1.82. The molecule has 2 rings (SSSR count). The zero-order valence-electron chi connectivity index (χ0n) is 9.80. The van der Waals surface area contributed by atoms with Crippen LogP contribution in [-0.2, 0) is 9.59 Å². The molecule has 18 heavy (non-hydrogen) atoms. The molecule has 1 atom stereocenters. The molecule has 1 aromatic rings. The molecule has 1 unspecified atom stereocenters. The molecule has 0 bridgehead atoms. The molecule has 0 radical (unpaired) electrons. The van der Waals surface area contributed by atoms with Gasteiger partial charge in [0.2, 0.25) is 11.2 Å². The van der Waals surface area contributed by atoms with E-state index in [9.17, 15) is 9.59 Å². The van der Waals surface area contributed by atoms with Crippen LogP contribution < -0.4 is 4.90 Å². The molecule has 96 valence electrons. The first-order valence-corrected chi connectivity index (χ1v) is 6.84. The van der Waals surface area contributed by atoms with Crippen LogP contribution in [0.25, 0.3) is 0 Å². The zero-order chi connectivity index (χ0) is 13.1. The van der Waals surface area contributed by atoms with E-state index in [1.165, 1.54) is 31.1 Å². The van der Waals surface area contributed by atoms with Crippen LogP contribution in [0.1, 0.15) is 13.3 Å². The minimum atomic E-state index is 0.0371. The van der Waals surface area contributed by atoms with E-state index in [4.69, 9.17) is 11.6 Å². The Morgan fingerprint density at radius 3 is 2.83 bits per heavy atom. The quantitative estimate of drug-likeness (QED) is 0.792. The van der Waals surface area contributed by atoms with Gasteiger partial charge in [0.1, 0.15) is 0 Å². The third-order valence-corrected chi connectivity index (χ3v) is 3.89. The monoisotopic (exact) mass is 285 g/mol. The number of hydrogen-bond acceptors (Lipinski definition) is 5. The molecule has 0 aliphatic carbocycles. The highest BCUT2D eigenvalue weighted by molar-refractivity contribution is 8.13. The molecule has 5 nitrogen and oxygen atoms in total. The Kier molecular flexibility index (Phi) is 4.19. The maximum Gasteiger partial charge on any atom is 0.227 e. The normalized spacial score (nSPS) is 19.3. The van der Waals surface area contributed by atoms with E-state index in [0.717, 1.165) is 0 Å². The highest BCUT2D eigenvalue weighted by Gasteiger charge is 2.31. The summed E-state index contributed by atoms with van der Waals surface area (Å²) in [5.41, 5.74) is 0.653. The van der Waals surface area contributed by atoms with Gasteiger partial charge in [-0.3, -0.25) is 9.59 Å². The van der Waals surface area contributed by atoms with Crippen molar-refractivity contribution < 1.29 is 9.59 Å². The van der Waals surface area contributed by atoms with Crippen LogP contribution in [-0.4, -0.2) is 33.3 Å². The number of anilines is 1. The van der Waals surface area contributed by atoms with Gasteiger partial charge in [0, 0.05) is 25.6 Å². The fraction of sp³-hybridized carbons (Fsp3) is 0.455. The zero-order valence-corrected chi connectivity index (χ0v) is 11.4. The van der Waals surface area contributed by atoms with Crippen LogP contribution in [0, 0.1) is 5.92 Å². The molecular formula is C11H12ClN3O2S. The van der Waals surface area contributed by atoms with Crippen LogP contribution in [0.3, 0.4) is 0 Å². The summed E-state index contributed by atoms with van der Waals surface area (Å²) in [5, 5.41) is 0.241. The second-order valence-corrected chi connectivity index (χ2v) is 5.62. The Morgan fingerprint density at radius 1 is 1.56 bits per heavy atom. The molecule has 1 fully saturated rings. The number of amides is 1. The molecule has 1 amide bonds. The summed E-state index contributed by atoms with van der Waals surface area (Å²) >= 11 is 6.86. The van der Waals surface area contributed by atoms with E-state index in [-0.39, 0.29) is 22.2 Å². The maximum atomic E-state index is 11.9. The van der Waals surface area contributed by atoms with E-state index >= 15 is 0 Å². The molecule has 0 N–H and O–H groups in total. The lowest BCUT2D eigenvalue weighted by Gasteiger charge is -2.15. The van der Waals surface area contributed by atoms with Crippen molar-refractivity contribution in [1.82, 2.24) is 9.97 Å². The Labute approximate surface area is 114 Å². The molecular weight excluding hydrogens is 274 g/mol. The topological polar surface area (TPSA) is 63.2 Å². The number of carbonyl (C=O) groups is 2. The third kappa shape index (κ3) is 3.20. The highest BCUT2D eigenvalue weighted by Crippen LogP contribution is 2.26. The van der Waals surface area contributed by atoms with Gasteiger partial charge >= 0.3 is 0 Å². The first kappa shape index (κ1) is 13.3. The van der Waals surface area contributed by atoms with E-state index in [2.05, 4.69) is 9.97 Å². The third-order valence-electron chi connectivity index (χ3n) is 2.65. The fourth-order valence-corrected chi connectivity index (χ4v) is 2.61. The predicted octanol–water partition coefficient (Wildman–Crippen LogP) is 1.76. The van der Waals surface area contributed by atoms with Crippen LogP contribution >= 0.6 is 23.4 Å². The lowest BCUT2D eigenvalue weighted by molar-refractivity contribution is -0.117. The van der Waals surface area contributed by atoms with Gasteiger partial charge in [-0.1, -0.05) is 11.8 Å². The molecule has 1 aromatic heterocycles. The van der Waals surface area contributed by atoms with Crippen molar-refractivity contribution in [2.75, 3.05) is 17.2 Å². The van der Waals surface area contributed by atoms with Gasteiger partial charge in [-0.05, 0) is 17.5 Å². The summed E-state index contributed by atoms with van der Waals surface area (Å²) in [4.78, 5) is 32.1. The summed E-state index contributed by atoms with van der Waals surface area (Å²) in [7, 11) is 0. The van der Waals surface area contributed by atoms with E-state index in [0.29, 0.717) is 24.4 Å². The molecule has 1 aliphatic heterocycles. The van der Waals surface area contributed by atoms with Crippen molar-refractivity contribution in [3.05, 3.63) is 17.7 Å². The average Bonchev–Trinajstić information content (AvgIpc) is 2.69. The number of rotatable bonds is 3. The minimum Gasteiger partial charge on any atom is -0.309 e. The molecule has 0 spiro atoms. The number of carbonyl (C=O) groups excluding carboxylic acids is 2. The summed E-state index contributed by atoms with van der Waals surface area (Å²) in [6.07, 6.45) is 3.53. The lowest BCUT2D eigenvalue weighted by Crippen LogP contribution is -2.25. The van der Waals surface area contributed by atoms with Crippen molar-refractivity contribution in [2.24, 2.45) is 5.92 Å². The SMILES string of the molecule is CC(=O)SCC1CC(=O)N(c2cnc(Cl)nc2)C1. The lowest BCUT2D eigenvalue weighted by atomic mass is 10.1. The van der Waals surface area contributed by atoms with E-state index in [1.54, 1.807) is 4.90 Å². The molecule has 7 heteroatoms. The number of hydrogen-bond donors (Lipinski definition) is 0. The van der Waals surface area contributed by atoms with E-state index < -0.39 is 0 Å². The van der Waals surface area contributed by atoms with Gasteiger partial charge in [0.05, 0.1) is 18.1 Å². The van der Waals surface area contributed by atoms with Crippen molar-refractivity contribution in [3.8, 4) is 0 Å².